The Hall–Kier alpha value is -1.29. The van der Waals surface area contributed by atoms with Crippen LogP contribution < -0.4 is 11.1 Å². The fraction of sp³-hybridized carbons (Fsp3) is 0.538. The average molecular weight is 268 g/mol. The maximum Gasteiger partial charge on any atom is 0.253 e. The Bertz CT molecular complexity index is 464. The second kappa shape index (κ2) is 5.14. The highest BCUT2D eigenvalue weighted by Crippen LogP contribution is 2.31. The largest absolute Gasteiger partial charge is 0.382 e. The summed E-state index contributed by atoms with van der Waals surface area (Å²) in [7, 11) is 0. The molecule has 4 nitrogen and oxygen atoms in total. The van der Waals surface area contributed by atoms with E-state index in [4.69, 9.17) is 17.3 Å². The van der Waals surface area contributed by atoms with Crippen LogP contribution in [0.5, 0.6) is 0 Å². The third-order valence-electron chi connectivity index (χ3n) is 3.91. The standard InChI is InChI=1S/C13H18ClN3O/c1-7-3-4-11(8(7)2)17-13(18)9-5-10(14)12(15)16-6-9/h5-8,11H,3-4H2,1-2H3,(H2,15,16)(H,17,18). The van der Waals surface area contributed by atoms with Crippen LogP contribution in [0.15, 0.2) is 12.3 Å². The van der Waals surface area contributed by atoms with Gasteiger partial charge < -0.3 is 11.1 Å². The first-order valence-corrected chi connectivity index (χ1v) is 6.58. The summed E-state index contributed by atoms with van der Waals surface area (Å²) in [5.74, 6) is 1.28. The molecule has 1 aromatic rings. The molecule has 3 atom stereocenters. The van der Waals surface area contributed by atoms with Gasteiger partial charge in [-0.15, -0.1) is 0 Å². The van der Waals surface area contributed by atoms with Crippen LogP contribution in [0.3, 0.4) is 0 Å². The zero-order valence-corrected chi connectivity index (χ0v) is 11.4. The van der Waals surface area contributed by atoms with Gasteiger partial charge >= 0.3 is 0 Å². The number of carbonyl (C=O) groups is 1. The van der Waals surface area contributed by atoms with E-state index in [0.29, 0.717) is 22.4 Å². The van der Waals surface area contributed by atoms with Crippen molar-refractivity contribution in [2.45, 2.75) is 32.7 Å². The van der Waals surface area contributed by atoms with Crippen molar-refractivity contribution < 1.29 is 4.79 Å². The lowest BCUT2D eigenvalue weighted by molar-refractivity contribution is 0.0927. The zero-order chi connectivity index (χ0) is 13.3. The van der Waals surface area contributed by atoms with Gasteiger partial charge in [-0.05, 0) is 30.7 Å². The lowest BCUT2D eigenvalue weighted by Crippen LogP contribution is -2.37. The number of carbonyl (C=O) groups excluding carboxylic acids is 1. The van der Waals surface area contributed by atoms with Gasteiger partial charge in [-0.1, -0.05) is 25.4 Å². The van der Waals surface area contributed by atoms with Crippen molar-refractivity contribution in [3.63, 3.8) is 0 Å². The van der Waals surface area contributed by atoms with E-state index in [1.165, 1.54) is 6.20 Å². The van der Waals surface area contributed by atoms with Gasteiger partial charge in [0.05, 0.1) is 10.6 Å². The molecule has 3 N–H and O–H groups in total. The molecule has 18 heavy (non-hydrogen) atoms. The molecule has 0 bridgehead atoms. The number of nitrogen functional groups attached to an aromatic ring is 1. The summed E-state index contributed by atoms with van der Waals surface area (Å²) in [6.07, 6.45) is 3.65. The van der Waals surface area contributed by atoms with Crippen LogP contribution in [0.2, 0.25) is 5.02 Å². The van der Waals surface area contributed by atoms with Crippen LogP contribution in [-0.4, -0.2) is 16.9 Å². The number of hydrogen-bond acceptors (Lipinski definition) is 3. The van der Waals surface area contributed by atoms with Gasteiger partial charge in [0, 0.05) is 12.2 Å². The number of nitrogens with two attached hydrogens (primary N) is 1. The highest BCUT2D eigenvalue weighted by Gasteiger charge is 2.30. The van der Waals surface area contributed by atoms with Crippen molar-refractivity contribution in [2.24, 2.45) is 11.8 Å². The van der Waals surface area contributed by atoms with Crippen LogP contribution in [0.25, 0.3) is 0 Å². The number of halogens is 1. The number of anilines is 1. The Balaban J connectivity index is 2.06. The van der Waals surface area contributed by atoms with Crippen molar-refractivity contribution in [1.82, 2.24) is 10.3 Å². The second-order valence-electron chi connectivity index (χ2n) is 5.08. The molecule has 98 valence electrons. The van der Waals surface area contributed by atoms with E-state index in [-0.39, 0.29) is 17.8 Å². The summed E-state index contributed by atoms with van der Waals surface area (Å²) in [6, 6.07) is 1.80. The molecular formula is C13H18ClN3O. The molecule has 1 aliphatic carbocycles. The number of hydrogen-bond donors (Lipinski definition) is 2. The number of pyridine rings is 1. The predicted molar refractivity (Wildman–Crippen MR) is 72.5 cm³/mol. The summed E-state index contributed by atoms with van der Waals surface area (Å²) in [6.45, 7) is 4.40. The van der Waals surface area contributed by atoms with Crippen molar-refractivity contribution in [3.05, 3.63) is 22.8 Å². The number of rotatable bonds is 2. The minimum atomic E-state index is -0.129. The first-order valence-electron chi connectivity index (χ1n) is 6.21. The average Bonchev–Trinajstić information content (AvgIpc) is 2.64. The first-order chi connectivity index (χ1) is 8.49. The third kappa shape index (κ3) is 2.58. The number of nitrogens with zero attached hydrogens (tertiary/aromatic N) is 1. The Morgan fingerprint density at radius 2 is 2.22 bits per heavy atom. The predicted octanol–water partition coefficient (Wildman–Crippen LogP) is 2.48. The molecule has 5 heteroatoms. The molecule has 0 radical (unpaired) electrons. The SMILES string of the molecule is CC1CCC(NC(=O)c2cnc(N)c(Cl)c2)C1C. The molecule has 1 aromatic heterocycles. The third-order valence-corrected chi connectivity index (χ3v) is 4.22. The van der Waals surface area contributed by atoms with Crippen LogP contribution in [-0.2, 0) is 0 Å². The van der Waals surface area contributed by atoms with Gasteiger partial charge in [-0.3, -0.25) is 4.79 Å². The lowest BCUT2D eigenvalue weighted by Gasteiger charge is -2.19. The molecule has 1 amide bonds. The van der Waals surface area contributed by atoms with Crippen LogP contribution >= 0.6 is 11.6 Å². The van der Waals surface area contributed by atoms with Gasteiger partial charge in [0.15, 0.2) is 0 Å². The van der Waals surface area contributed by atoms with E-state index in [1.54, 1.807) is 6.07 Å². The van der Waals surface area contributed by atoms with E-state index in [9.17, 15) is 4.79 Å². The molecule has 1 aliphatic rings. The fourth-order valence-corrected chi connectivity index (χ4v) is 2.56. The van der Waals surface area contributed by atoms with Gasteiger partial charge in [-0.25, -0.2) is 4.98 Å². The molecule has 1 heterocycles. The molecule has 0 aliphatic heterocycles. The summed E-state index contributed by atoms with van der Waals surface area (Å²) in [5, 5.41) is 3.36. The van der Waals surface area contributed by atoms with Gasteiger partial charge in [0.2, 0.25) is 0 Å². The minimum absolute atomic E-state index is 0.129. The van der Waals surface area contributed by atoms with Crippen molar-refractivity contribution >= 4 is 23.3 Å². The molecule has 0 saturated heterocycles. The monoisotopic (exact) mass is 267 g/mol. The summed E-state index contributed by atoms with van der Waals surface area (Å²) in [4.78, 5) is 16.0. The van der Waals surface area contributed by atoms with E-state index in [2.05, 4.69) is 24.1 Å². The molecule has 2 rings (SSSR count). The number of nitrogens with one attached hydrogen (secondary N) is 1. The Morgan fingerprint density at radius 3 is 2.78 bits per heavy atom. The summed E-state index contributed by atoms with van der Waals surface area (Å²) >= 11 is 5.86. The van der Waals surface area contributed by atoms with Crippen LogP contribution in [0.4, 0.5) is 5.82 Å². The molecule has 3 unspecified atom stereocenters. The normalized spacial score (nSPS) is 27.2. The summed E-state index contributed by atoms with van der Waals surface area (Å²) in [5.41, 5.74) is 5.98. The first kappa shape index (κ1) is 13.1. The molecule has 1 saturated carbocycles. The Kier molecular flexibility index (Phi) is 3.76. The molecule has 1 fully saturated rings. The van der Waals surface area contributed by atoms with Crippen molar-refractivity contribution in [1.29, 1.82) is 0 Å². The van der Waals surface area contributed by atoms with E-state index in [0.717, 1.165) is 12.8 Å². The van der Waals surface area contributed by atoms with Crippen molar-refractivity contribution in [3.8, 4) is 0 Å². The Labute approximate surface area is 112 Å². The van der Waals surface area contributed by atoms with Gasteiger partial charge in [-0.2, -0.15) is 0 Å². The summed E-state index contributed by atoms with van der Waals surface area (Å²) < 4.78 is 0. The van der Waals surface area contributed by atoms with Gasteiger partial charge in [0.25, 0.3) is 5.91 Å². The second-order valence-corrected chi connectivity index (χ2v) is 5.49. The van der Waals surface area contributed by atoms with Crippen LogP contribution in [0, 0.1) is 11.8 Å². The highest BCUT2D eigenvalue weighted by molar-refractivity contribution is 6.33. The maximum atomic E-state index is 12.1. The quantitative estimate of drug-likeness (QED) is 0.865. The topological polar surface area (TPSA) is 68.0 Å². The smallest absolute Gasteiger partial charge is 0.253 e. The fourth-order valence-electron chi connectivity index (χ4n) is 2.39. The van der Waals surface area contributed by atoms with E-state index in [1.807, 2.05) is 0 Å². The lowest BCUT2D eigenvalue weighted by atomic mass is 9.97. The molecule has 0 spiro atoms. The molecule has 0 aromatic carbocycles. The minimum Gasteiger partial charge on any atom is -0.382 e. The number of amides is 1. The maximum absolute atomic E-state index is 12.1. The van der Waals surface area contributed by atoms with Crippen LogP contribution in [0.1, 0.15) is 37.0 Å². The molecular weight excluding hydrogens is 250 g/mol. The number of aromatic nitrogens is 1. The zero-order valence-electron chi connectivity index (χ0n) is 10.6. The van der Waals surface area contributed by atoms with E-state index >= 15 is 0 Å². The highest BCUT2D eigenvalue weighted by atomic mass is 35.5. The van der Waals surface area contributed by atoms with Gasteiger partial charge in [0.1, 0.15) is 5.82 Å². The van der Waals surface area contributed by atoms with Crippen molar-refractivity contribution in [2.75, 3.05) is 5.73 Å². The van der Waals surface area contributed by atoms with E-state index < -0.39 is 0 Å². The Morgan fingerprint density at radius 1 is 1.50 bits per heavy atom.